The number of rotatable bonds is 24. The van der Waals surface area contributed by atoms with Crippen LogP contribution in [0.1, 0.15) is 199 Å². The van der Waals surface area contributed by atoms with Gasteiger partial charge in [0.15, 0.2) is 0 Å². The van der Waals surface area contributed by atoms with Gasteiger partial charge < -0.3 is 0 Å². The predicted octanol–water partition coefficient (Wildman–Crippen LogP) is 20.3. The number of hydrogen-bond acceptors (Lipinski definition) is 6. The molecule has 0 bridgehead atoms. The lowest BCUT2D eigenvalue weighted by Crippen LogP contribution is -2.26. The van der Waals surface area contributed by atoms with Crippen molar-refractivity contribution in [3.05, 3.63) is 140 Å². The molecule has 3 aliphatic rings. The number of thiophene rings is 2. The van der Waals surface area contributed by atoms with Crippen molar-refractivity contribution < 1.29 is 0 Å². The van der Waals surface area contributed by atoms with Gasteiger partial charge in [0.25, 0.3) is 0 Å². The van der Waals surface area contributed by atoms with Crippen molar-refractivity contribution in [1.29, 1.82) is 21.0 Å². The Morgan fingerprint density at radius 3 is 1.26 bits per heavy atom. The summed E-state index contributed by atoms with van der Waals surface area (Å²) in [6, 6.07) is 40.6. The summed E-state index contributed by atoms with van der Waals surface area (Å²) in [5.41, 5.74) is 16.6. The summed E-state index contributed by atoms with van der Waals surface area (Å²) in [6.45, 7) is 8.79. The average Bonchev–Trinajstić information content (AvgIpc) is 4.24. The zero-order valence-corrected chi connectivity index (χ0v) is 45.4. The summed E-state index contributed by atoms with van der Waals surface area (Å²) in [4.78, 5) is 4.94. The molecule has 0 saturated carbocycles. The highest BCUT2D eigenvalue weighted by atomic mass is 32.1. The largest absolute Gasteiger partial charge is 0.192 e. The third-order valence-electron chi connectivity index (χ3n) is 16.2. The molecule has 0 N–H and O–H groups in total. The minimum absolute atomic E-state index is 0.121. The first-order valence-electron chi connectivity index (χ1n) is 27.7. The molecule has 4 nitrogen and oxygen atoms in total. The van der Waals surface area contributed by atoms with Gasteiger partial charge in [0.2, 0.25) is 0 Å². The first-order chi connectivity index (χ1) is 35.8. The first kappa shape index (κ1) is 51.6. The average molecular weight is 995 g/mol. The fourth-order valence-corrected chi connectivity index (χ4v) is 14.4. The molecule has 0 fully saturated rings. The SMILES string of the molecule is CCCCCCCCCCCCC1(CCCCCCCCCCCC)c2cc3c(cc2-c2cc4c(cc21)-c1ccc(-c2ccc(-c5ccc(C)s5)s2)cc1C4=C(C#N)C#N)C(=C(C#N)C#N)c1cc(C)ccc1-3. The van der Waals surface area contributed by atoms with Crippen LogP contribution in [0.3, 0.4) is 0 Å². The zero-order valence-electron chi connectivity index (χ0n) is 43.7. The van der Waals surface area contributed by atoms with Crippen LogP contribution in [0.5, 0.6) is 0 Å². The normalized spacial score (nSPS) is 13.0. The lowest BCUT2D eigenvalue weighted by atomic mass is 9.69. The van der Waals surface area contributed by atoms with Crippen LogP contribution in [-0.4, -0.2) is 0 Å². The number of nitrogens with zero attached hydrogens (tertiary/aromatic N) is 4. The molecule has 3 aliphatic carbocycles. The Bertz CT molecular complexity index is 3190. The van der Waals surface area contributed by atoms with Gasteiger partial charge in [0.05, 0.1) is 0 Å². The van der Waals surface area contributed by atoms with E-state index in [9.17, 15) is 21.0 Å². The van der Waals surface area contributed by atoms with Crippen molar-refractivity contribution in [1.82, 2.24) is 0 Å². The van der Waals surface area contributed by atoms with E-state index in [0.29, 0.717) is 11.1 Å². The maximum absolute atomic E-state index is 10.7. The molecule has 0 spiro atoms. The summed E-state index contributed by atoms with van der Waals surface area (Å²) in [6.07, 6.45) is 27.7. The minimum Gasteiger partial charge on any atom is -0.192 e. The smallest absolute Gasteiger partial charge is 0.138 e. The molecule has 73 heavy (non-hydrogen) atoms. The Morgan fingerprint density at radius 2 is 0.795 bits per heavy atom. The van der Waals surface area contributed by atoms with Crippen molar-refractivity contribution in [3.8, 4) is 77.9 Å². The third-order valence-corrected chi connectivity index (χ3v) is 18.6. The van der Waals surface area contributed by atoms with Crippen molar-refractivity contribution in [2.45, 2.75) is 174 Å². The standard InChI is InChI=1S/C67H70N4S2/c1-5-7-9-11-13-15-17-19-21-23-33-67(34-24-22-20-18-16-14-12-10-8-6-2)60-39-52-50-28-25-45(3)35-56(50)65(48(41-68)42-69)58(52)37-54(60)55-38-59-53(40-61(55)67)51-29-27-47(36-57(51)66(59)49(43-70)44-71)62-31-32-64(73-62)63-30-26-46(4)72-63/h25-32,35-40H,5-24,33-34H2,1-4H3. The molecule has 4 aromatic carbocycles. The van der Waals surface area contributed by atoms with E-state index in [1.165, 1.54) is 141 Å². The Hall–Kier alpha value is -6.28. The molecule has 0 aliphatic heterocycles. The van der Waals surface area contributed by atoms with Crippen LogP contribution in [0.15, 0.2) is 96.1 Å². The first-order valence-corrected chi connectivity index (χ1v) is 29.3. The summed E-state index contributed by atoms with van der Waals surface area (Å²) in [5.74, 6) is 0. The van der Waals surface area contributed by atoms with Gasteiger partial charge in [0, 0.05) is 36.1 Å². The van der Waals surface area contributed by atoms with Gasteiger partial charge >= 0.3 is 0 Å². The number of aryl methyl sites for hydroxylation is 2. The summed E-state index contributed by atoms with van der Waals surface area (Å²) in [5, 5.41) is 42.3. The highest BCUT2D eigenvalue weighted by Crippen LogP contribution is 2.61. The van der Waals surface area contributed by atoms with E-state index in [-0.39, 0.29) is 16.6 Å². The number of unbranched alkanes of at least 4 members (excludes halogenated alkanes) is 18. The number of nitriles is 4. The lowest BCUT2D eigenvalue weighted by Gasteiger charge is -2.33. The van der Waals surface area contributed by atoms with Crippen LogP contribution < -0.4 is 0 Å². The van der Waals surface area contributed by atoms with E-state index < -0.39 is 0 Å². The van der Waals surface area contributed by atoms with E-state index in [1.807, 2.05) is 11.3 Å². The molecule has 9 rings (SSSR count). The van der Waals surface area contributed by atoms with Crippen LogP contribution >= 0.6 is 22.7 Å². The maximum Gasteiger partial charge on any atom is 0.138 e. The van der Waals surface area contributed by atoms with Crippen molar-refractivity contribution in [2.75, 3.05) is 0 Å². The highest BCUT2D eigenvalue weighted by molar-refractivity contribution is 7.23. The van der Waals surface area contributed by atoms with Gasteiger partial charge in [-0.2, -0.15) is 21.0 Å². The van der Waals surface area contributed by atoms with E-state index >= 15 is 0 Å². The Balaban J connectivity index is 1.16. The van der Waals surface area contributed by atoms with E-state index in [1.54, 1.807) is 11.3 Å². The lowest BCUT2D eigenvalue weighted by molar-refractivity contribution is 0.397. The van der Waals surface area contributed by atoms with E-state index in [2.05, 4.69) is 137 Å². The van der Waals surface area contributed by atoms with Gasteiger partial charge in [-0.1, -0.05) is 178 Å². The number of fused-ring (bicyclic) bond motifs is 9. The molecule has 2 heterocycles. The summed E-state index contributed by atoms with van der Waals surface area (Å²) in [7, 11) is 0. The second kappa shape index (κ2) is 23.7. The molecule has 0 unspecified atom stereocenters. The summed E-state index contributed by atoms with van der Waals surface area (Å²) < 4.78 is 0. The predicted molar refractivity (Wildman–Crippen MR) is 307 cm³/mol. The van der Waals surface area contributed by atoms with Crippen LogP contribution in [0, 0.1) is 59.2 Å². The van der Waals surface area contributed by atoms with Gasteiger partial charge in [-0.3, -0.25) is 0 Å². The molecular formula is C67H70N4S2. The molecular weight excluding hydrogens is 925 g/mol. The van der Waals surface area contributed by atoms with Crippen LogP contribution in [0.2, 0.25) is 0 Å². The third kappa shape index (κ3) is 10.5. The molecule has 0 amide bonds. The second-order valence-electron chi connectivity index (χ2n) is 21.2. The van der Waals surface area contributed by atoms with Crippen molar-refractivity contribution in [2.24, 2.45) is 0 Å². The fourth-order valence-electron chi connectivity index (χ4n) is 12.5. The molecule has 6 heteroatoms. The van der Waals surface area contributed by atoms with E-state index in [0.717, 1.165) is 97.3 Å². The van der Waals surface area contributed by atoms with E-state index in [4.69, 9.17) is 0 Å². The van der Waals surface area contributed by atoms with Gasteiger partial charge in [-0.25, -0.2) is 0 Å². The maximum atomic E-state index is 10.7. The molecule has 0 saturated heterocycles. The van der Waals surface area contributed by atoms with Gasteiger partial charge in [-0.05, 0) is 154 Å². The minimum atomic E-state index is -0.271. The molecule has 370 valence electrons. The highest BCUT2D eigenvalue weighted by Gasteiger charge is 2.46. The fraction of sp³-hybridized carbons (Fsp3) is 0.403. The molecule has 0 radical (unpaired) electrons. The van der Waals surface area contributed by atoms with Gasteiger partial charge in [-0.15, -0.1) is 22.7 Å². The monoisotopic (exact) mass is 995 g/mol. The molecule has 6 aromatic rings. The quantitative estimate of drug-likeness (QED) is 0.0445. The van der Waals surface area contributed by atoms with Gasteiger partial charge in [0.1, 0.15) is 35.4 Å². The molecule has 2 aromatic heterocycles. The van der Waals surface area contributed by atoms with Crippen molar-refractivity contribution >= 4 is 33.8 Å². The van der Waals surface area contributed by atoms with Crippen LogP contribution in [0.25, 0.3) is 64.7 Å². The number of allylic oxidation sites excluding steroid dienone is 2. The Morgan fingerprint density at radius 1 is 0.384 bits per heavy atom. The van der Waals surface area contributed by atoms with Crippen LogP contribution in [0.4, 0.5) is 0 Å². The topological polar surface area (TPSA) is 95.2 Å². The Labute approximate surface area is 444 Å². The Kier molecular flexibility index (Phi) is 16.8. The van der Waals surface area contributed by atoms with Crippen molar-refractivity contribution in [3.63, 3.8) is 0 Å². The summed E-state index contributed by atoms with van der Waals surface area (Å²) >= 11 is 3.59. The number of hydrogen-bond donors (Lipinski definition) is 0. The zero-order chi connectivity index (χ0) is 50.9. The number of benzene rings is 4. The second-order valence-corrected chi connectivity index (χ2v) is 23.5. The van der Waals surface area contributed by atoms with Crippen LogP contribution in [-0.2, 0) is 5.41 Å². The molecule has 0 atom stereocenters.